The van der Waals surface area contributed by atoms with Crippen LogP contribution in [0.4, 0.5) is 5.69 Å². The normalized spacial score (nSPS) is 12.0. The maximum Gasteiger partial charge on any atom is 0.195 e. The summed E-state index contributed by atoms with van der Waals surface area (Å²) in [4.78, 5) is 6.95. The molecule has 1 unspecified atom stereocenters. The van der Waals surface area contributed by atoms with E-state index in [9.17, 15) is 0 Å². The number of aliphatic imine (C=N–C) groups is 1. The van der Waals surface area contributed by atoms with Gasteiger partial charge in [-0.1, -0.05) is 12.1 Å². The first-order valence-electron chi connectivity index (χ1n) is 9.60. The van der Waals surface area contributed by atoms with Gasteiger partial charge in [0, 0.05) is 18.3 Å². The molecule has 0 bridgehead atoms. The highest BCUT2D eigenvalue weighted by Gasteiger charge is 2.14. The van der Waals surface area contributed by atoms with Gasteiger partial charge in [0.05, 0.1) is 33.9 Å². The second-order valence-electron chi connectivity index (χ2n) is 6.67. The molecule has 2 aromatic rings. The second kappa shape index (κ2) is 13.2. The van der Waals surface area contributed by atoms with Crippen molar-refractivity contribution in [2.75, 3.05) is 53.8 Å². The fourth-order valence-electron chi connectivity index (χ4n) is 2.93. The van der Waals surface area contributed by atoms with Crippen molar-refractivity contribution in [2.45, 2.75) is 13.0 Å². The van der Waals surface area contributed by atoms with Gasteiger partial charge in [-0.2, -0.15) is 0 Å². The summed E-state index contributed by atoms with van der Waals surface area (Å²) in [6.45, 7) is 3.40. The third kappa shape index (κ3) is 7.24. The van der Waals surface area contributed by atoms with Gasteiger partial charge in [-0.25, -0.2) is 0 Å². The number of halogens is 1. The molecule has 0 heterocycles. The number of rotatable bonds is 9. The second-order valence-corrected chi connectivity index (χ2v) is 6.67. The van der Waals surface area contributed by atoms with Crippen LogP contribution in [0.3, 0.4) is 0 Å². The largest absolute Gasteiger partial charge is 0.497 e. The molecule has 0 saturated carbocycles. The zero-order chi connectivity index (χ0) is 21.2. The zero-order valence-corrected chi connectivity index (χ0v) is 20.9. The Balaban J connectivity index is 0.00000450. The molecule has 1 atom stereocenters. The minimum atomic E-state index is 0. The summed E-state index contributed by atoms with van der Waals surface area (Å²) >= 11 is 0. The Bertz CT molecular complexity index is 797. The SMILES string of the molecule is CCNC(=NCC(c1ccc(OC)cc1)N(C)C)Nc1ccc(OC)c(OC)c1.I. The molecule has 0 aromatic heterocycles. The molecule has 2 N–H and O–H groups in total. The van der Waals surface area contributed by atoms with Crippen molar-refractivity contribution in [1.82, 2.24) is 10.2 Å². The number of nitrogens with one attached hydrogen (secondary N) is 2. The van der Waals surface area contributed by atoms with Crippen molar-refractivity contribution in [2.24, 2.45) is 4.99 Å². The minimum absolute atomic E-state index is 0. The molecule has 8 heteroatoms. The van der Waals surface area contributed by atoms with Gasteiger partial charge in [0.15, 0.2) is 17.5 Å². The van der Waals surface area contributed by atoms with Crippen LogP contribution in [0.5, 0.6) is 17.2 Å². The molecular weight excluding hydrogens is 495 g/mol. The number of likely N-dealkylation sites (N-methyl/N-ethyl adjacent to an activating group) is 1. The van der Waals surface area contributed by atoms with E-state index in [1.165, 1.54) is 5.56 Å². The minimum Gasteiger partial charge on any atom is -0.497 e. The molecule has 30 heavy (non-hydrogen) atoms. The van der Waals surface area contributed by atoms with Crippen LogP contribution >= 0.6 is 24.0 Å². The number of hydrogen-bond donors (Lipinski definition) is 2. The summed E-state index contributed by atoms with van der Waals surface area (Å²) in [6, 6.07) is 13.9. The number of benzene rings is 2. The number of anilines is 1. The third-order valence-corrected chi connectivity index (χ3v) is 4.54. The number of methoxy groups -OCH3 is 3. The number of hydrogen-bond acceptors (Lipinski definition) is 5. The summed E-state index contributed by atoms with van der Waals surface area (Å²) < 4.78 is 15.9. The number of guanidine groups is 1. The van der Waals surface area contributed by atoms with E-state index in [2.05, 4.69) is 41.8 Å². The molecule has 2 rings (SSSR count). The average Bonchev–Trinajstić information content (AvgIpc) is 2.74. The van der Waals surface area contributed by atoms with E-state index in [1.807, 2.05) is 37.3 Å². The maximum absolute atomic E-state index is 5.38. The van der Waals surface area contributed by atoms with Crippen molar-refractivity contribution in [3.05, 3.63) is 48.0 Å². The van der Waals surface area contributed by atoms with Crippen LogP contribution in [0.15, 0.2) is 47.5 Å². The van der Waals surface area contributed by atoms with E-state index in [1.54, 1.807) is 21.3 Å². The maximum atomic E-state index is 5.38. The first-order valence-corrected chi connectivity index (χ1v) is 9.60. The van der Waals surface area contributed by atoms with Crippen molar-refractivity contribution in [3.8, 4) is 17.2 Å². The van der Waals surface area contributed by atoms with Crippen LogP contribution < -0.4 is 24.8 Å². The Morgan fingerprint density at radius 1 is 0.967 bits per heavy atom. The fourth-order valence-corrected chi connectivity index (χ4v) is 2.93. The molecule has 0 aliphatic carbocycles. The molecule has 0 radical (unpaired) electrons. The molecule has 0 fully saturated rings. The highest BCUT2D eigenvalue weighted by molar-refractivity contribution is 14.0. The van der Waals surface area contributed by atoms with Gasteiger partial charge in [0.1, 0.15) is 5.75 Å². The van der Waals surface area contributed by atoms with E-state index in [0.717, 1.165) is 18.0 Å². The predicted octanol–water partition coefficient (Wildman–Crippen LogP) is 4.01. The molecule has 166 valence electrons. The third-order valence-electron chi connectivity index (χ3n) is 4.54. The fraction of sp³-hybridized carbons (Fsp3) is 0.409. The van der Waals surface area contributed by atoms with E-state index < -0.39 is 0 Å². The van der Waals surface area contributed by atoms with Crippen molar-refractivity contribution >= 4 is 35.6 Å². The van der Waals surface area contributed by atoms with E-state index in [-0.39, 0.29) is 30.0 Å². The van der Waals surface area contributed by atoms with E-state index in [0.29, 0.717) is 24.0 Å². The molecule has 7 nitrogen and oxygen atoms in total. The molecule has 0 saturated heterocycles. The average molecular weight is 528 g/mol. The lowest BCUT2D eigenvalue weighted by Gasteiger charge is -2.24. The highest BCUT2D eigenvalue weighted by atomic mass is 127. The van der Waals surface area contributed by atoms with Gasteiger partial charge in [-0.15, -0.1) is 24.0 Å². The Morgan fingerprint density at radius 2 is 1.63 bits per heavy atom. The molecule has 2 aromatic carbocycles. The lowest BCUT2D eigenvalue weighted by molar-refractivity contribution is 0.306. The zero-order valence-electron chi connectivity index (χ0n) is 18.6. The summed E-state index contributed by atoms with van der Waals surface area (Å²) in [5.41, 5.74) is 2.05. The van der Waals surface area contributed by atoms with Gasteiger partial charge in [0.2, 0.25) is 0 Å². The summed E-state index contributed by atoms with van der Waals surface area (Å²) in [5, 5.41) is 6.62. The molecule has 0 amide bonds. The Hall–Kier alpha value is -2.20. The van der Waals surface area contributed by atoms with Crippen LogP contribution in [-0.2, 0) is 0 Å². The predicted molar refractivity (Wildman–Crippen MR) is 134 cm³/mol. The Morgan fingerprint density at radius 3 is 2.17 bits per heavy atom. The molecule has 0 spiro atoms. The van der Waals surface area contributed by atoms with Gasteiger partial charge in [-0.05, 0) is 50.8 Å². The van der Waals surface area contributed by atoms with Crippen LogP contribution in [-0.4, -0.2) is 59.4 Å². The topological polar surface area (TPSA) is 67.4 Å². The lowest BCUT2D eigenvalue weighted by atomic mass is 10.1. The molecule has 0 aliphatic rings. The first kappa shape index (κ1) is 25.8. The van der Waals surface area contributed by atoms with Crippen LogP contribution in [0.2, 0.25) is 0 Å². The lowest BCUT2D eigenvalue weighted by Crippen LogP contribution is -2.32. The Kier molecular flexibility index (Phi) is 11.3. The van der Waals surface area contributed by atoms with Crippen molar-refractivity contribution in [1.29, 1.82) is 0 Å². The number of nitrogens with zero attached hydrogens (tertiary/aromatic N) is 2. The summed E-state index contributed by atoms with van der Waals surface area (Å²) in [7, 11) is 9.03. The summed E-state index contributed by atoms with van der Waals surface area (Å²) in [6.07, 6.45) is 0. The van der Waals surface area contributed by atoms with Crippen molar-refractivity contribution in [3.63, 3.8) is 0 Å². The van der Waals surface area contributed by atoms with E-state index in [4.69, 9.17) is 19.2 Å². The number of ether oxygens (including phenoxy) is 3. The quantitative estimate of drug-likeness (QED) is 0.291. The van der Waals surface area contributed by atoms with Crippen molar-refractivity contribution < 1.29 is 14.2 Å². The van der Waals surface area contributed by atoms with E-state index >= 15 is 0 Å². The first-order chi connectivity index (χ1) is 14.0. The standard InChI is InChI=1S/C22H32N4O3.HI/c1-7-23-22(25-17-10-13-20(28-5)21(14-17)29-6)24-15-19(26(2)3)16-8-11-18(27-4)12-9-16;/h8-14,19H,7,15H2,1-6H3,(H2,23,24,25);1H. The molecule has 0 aliphatic heterocycles. The van der Waals surface area contributed by atoms with Crippen LogP contribution in [0.1, 0.15) is 18.5 Å². The highest BCUT2D eigenvalue weighted by Crippen LogP contribution is 2.29. The van der Waals surface area contributed by atoms with Gasteiger partial charge in [-0.3, -0.25) is 4.99 Å². The Labute approximate surface area is 196 Å². The summed E-state index contributed by atoms with van der Waals surface area (Å²) in [5.74, 6) is 2.91. The smallest absolute Gasteiger partial charge is 0.195 e. The van der Waals surface area contributed by atoms with Gasteiger partial charge < -0.3 is 29.7 Å². The van der Waals surface area contributed by atoms with Gasteiger partial charge in [0.25, 0.3) is 0 Å². The molecular formula is C22H33IN4O3. The van der Waals surface area contributed by atoms with Crippen LogP contribution in [0.25, 0.3) is 0 Å². The van der Waals surface area contributed by atoms with Gasteiger partial charge >= 0.3 is 0 Å². The van der Waals surface area contributed by atoms with Crippen LogP contribution in [0, 0.1) is 0 Å². The monoisotopic (exact) mass is 528 g/mol.